The number of rotatable bonds is 4. The van der Waals surface area contributed by atoms with Crippen LogP contribution in [0.15, 0.2) is 36.7 Å². The highest BCUT2D eigenvalue weighted by Gasteiger charge is 1.99. The minimum absolute atomic E-state index is 0.660. The molecule has 3 heteroatoms. The highest BCUT2D eigenvalue weighted by Crippen LogP contribution is 2.16. The zero-order chi connectivity index (χ0) is 12.1. The molecule has 1 heterocycles. The van der Waals surface area contributed by atoms with Crippen LogP contribution in [0.4, 0.5) is 5.69 Å². The van der Waals surface area contributed by atoms with Gasteiger partial charge >= 0.3 is 0 Å². The predicted molar refractivity (Wildman–Crippen MR) is 69.9 cm³/mol. The lowest BCUT2D eigenvalue weighted by atomic mass is 10.1. The minimum atomic E-state index is 0.660. The van der Waals surface area contributed by atoms with Crippen molar-refractivity contribution in [2.45, 2.75) is 26.8 Å². The lowest BCUT2D eigenvalue weighted by molar-refractivity contribution is 0.947. The highest BCUT2D eigenvalue weighted by atomic mass is 15.0. The van der Waals surface area contributed by atoms with Crippen molar-refractivity contribution in [1.29, 1.82) is 0 Å². The molecule has 1 aromatic carbocycles. The van der Waals surface area contributed by atoms with Crippen LogP contribution in [0.2, 0.25) is 0 Å². The highest BCUT2D eigenvalue weighted by molar-refractivity contribution is 5.48. The second-order valence-electron chi connectivity index (χ2n) is 4.01. The summed E-state index contributed by atoms with van der Waals surface area (Å²) < 4.78 is 0. The van der Waals surface area contributed by atoms with Crippen molar-refractivity contribution in [3.63, 3.8) is 0 Å². The van der Waals surface area contributed by atoms with Crippen molar-refractivity contribution >= 4 is 5.69 Å². The molecule has 3 nitrogen and oxygen atoms in total. The summed E-state index contributed by atoms with van der Waals surface area (Å²) in [5.41, 5.74) is 3.85. The van der Waals surface area contributed by atoms with Crippen LogP contribution in [0.25, 0.3) is 0 Å². The van der Waals surface area contributed by atoms with Gasteiger partial charge in [-0.05, 0) is 42.7 Å². The molecule has 1 N–H and O–H groups in total. The number of anilines is 1. The van der Waals surface area contributed by atoms with Crippen molar-refractivity contribution in [3.8, 4) is 0 Å². The fourth-order valence-electron chi connectivity index (χ4n) is 1.76. The van der Waals surface area contributed by atoms with Gasteiger partial charge in [0, 0.05) is 18.1 Å². The number of hydrogen-bond acceptors (Lipinski definition) is 3. The van der Waals surface area contributed by atoms with Crippen LogP contribution in [0.5, 0.6) is 0 Å². The molecule has 0 bridgehead atoms. The summed E-state index contributed by atoms with van der Waals surface area (Å²) in [6.45, 7) is 4.97. The van der Waals surface area contributed by atoms with E-state index in [1.54, 1.807) is 12.4 Å². The predicted octanol–water partition coefficient (Wildman–Crippen LogP) is 2.96. The lowest BCUT2D eigenvalue weighted by Crippen LogP contribution is -2.04. The Hall–Kier alpha value is -1.90. The van der Waals surface area contributed by atoms with Crippen LogP contribution in [0, 0.1) is 6.92 Å². The van der Waals surface area contributed by atoms with Gasteiger partial charge in [-0.2, -0.15) is 0 Å². The molecule has 0 aliphatic rings. The van der Waals surface area contributed by atoms with Crippen molar-refractivity contribution < 1.29 is 0 Å². The Morgan fingerprint density at radius 1 is 1.18 bits per heavy atom. The number of nitrogens with zero attached hydrogens (tertiary/aromatic N) is 2. The molecular weight excluding hydrogens is 210 g/mol. The molecule has 0 saturated heterocycles. The first-order chi connectivity index (χ1) is 8.29. The molecule has 1 aromatic heterocycles. The number of nitrogens with one attached hydrogen (secondary N) is 1. The van der Waals surface area contributed by atoms with Crippen LogP contribution in [-0.4, -0.2) is 9.97 Å². The van der Waals surface area contributed by atoms with E-state index in [9.17, 15) is 0 Å². The van der Waals surface area contributed by atoms with Gasteiger partial charge in [-0.25, -0.2) is 9.97 Å². The van der Waals surface area contributed by atoms with E-state index in [4.69, 9.17) is 0 Å². The fourth-order valence-corrected chi connectivity index (χ4v) is 1.76. The molecule has 2 aromatic rings. The standard InChI is InChI=1S/C14H17N3/c1-3-12-9-13(6-5-11(12)2)17-10-14-15-7-4-8-16-14/h4-9,17H,3,10H2,1-2H3. The molecule has 0 unspecified atom stereocenters. The average molecular weight is 227 g/mol. The molecule has 0 radical (unpaired) electrons. The van der Waals surface area contributed by atoms with E-state index >= 15 is 0 Å². The maximum Gasteiger partial charge on any atom is 0.147 e. The average Bonchev–Trinajstić information content (AvgIpc) is 2.39. The maximum atomic E-state index is 4.18. The van der Waals surface area contributed by atoms with E-state index in [1.807, 2.05) is 6.07 Å². The second kappa shape index (κ2) is 5.43. The SMILES string of the molecule is CCc1cc(NCc2ncccn2)ccc1C. The van der Waals surface area contributed by atoms with E-state index in [2.05, 4.69) is 47.3 Å². The summed E-state index contributed by atoms with van der Waals surface area (Å²) in [7, 11) is 0. The van der Waals surface area contributed by atoms with Crippen LogP contribution < -0.4 is 5.32 Å². The van der Waals surface area contributed by atoms with Crippen molar-refractivity contribution in [3.05, 3.63) is 53.6 Å². The summed E-state index contributed by atoms with van der Waals surface area (Å²) in [6.07, 6.45) is 4.58. The van der Waals surface area contributed by atoms with Crippen molar-refractivity contribution in [2.75, 3.05) is 5.32 Å². The Morgan fingerprint density at radius 2 is 1.94 bits per heavy atom. The first-order valence-corrected chi connectivity index (χ1v) is 5.89. The van der Waals surface area contributed by atoms with Crippen LogP contribution in [0.3, 0.4) is 0 Å². The second-order valence-corrected chi connectivity index (χ2v) is 4.01. The third-order valence-electron chi connectivity index (χ3n) is 2.80. The molecule has 0 spiro atoms. The first-order valence-electron chi connectivity index (χ1n) is 5.89. The Morgan fingerprint density at radius 3 is 2.65 bits per heavy atom. The largest absolute Gasteiger partial charge is 0.378 e. The normalized spacial score (nSPS) is 10.2. The number of hydrogen-bond donors (Lipinski definition) is 1. The summed E-state index contributed by atoms with van der Waals surface area (Å²) in [6, 6.07) is 8.26. The summed E-state index contributed by atoms with van der Waals surface area (Å²) in [5.74, 6) is 0.811. The molecule has 17 heavy (non-hydrogen) atoms. The zero-order valence-electron chi connectivity index (χ0n) is 10.3. The van der Waals surface area contributed by atoms with Gasteiger partial charge in [0.1, 0.15) is 5.82 Å². The van der Waals surface area contributed by atoms with Crippen LogP contribution in [-0.2, 0) is 13.0 Å². The monoisotopic (exact) mass is 227 g/mol. The molecule has 0 saturated carbocycles. The van der Waals surface area contributed by atoms with Gasteiger partial charge in [-0.15, -0.1) is 0 Å². The quantitative estimate of drug-likeness (QED) is 0.872. The van der Waals surface area contributed by atoms with Gasteiger partial charge in [0.2, 0.25) is 0 Å². The topological polar surface area (TPSA) is 37.8 Å². The molecule has 0 aliphatic heterocycles. The van der Waals surface area contributed by atoms with Crippen LogP contribution >= 0.6 is 0 Å². The summed E-state index contributed by atoms with van der Waals surface area (Å²) in [4.78, 5) is 8.36. The Labute approximate surface area is 102 Å². The third-order valence-corrected chi connectivity index (χ3v) is 2.80. The van der Waals surface area contributed by atoms with Gasteiger partial charge < -0.3 is 5.32 Å². The third kappa shape index (κ3) is 3.03. The number of benzene rings is 1. The number of aromatic nitrogens is 2. The molecule has 0 amide bonds. The van der Waals surface area contributed by atoms with Crippen molar-refractivity contribution in [1.82, 2.24) is 9.97 Å². The molecular formula is C14H17N3. The molecule has 0 aliphatic carbocycles. The lowest BCUT2D eigenvalue weighted by Gasteiger charge is -2.09. The van der Waals surface area contributed by atoms with Gasteiger partial charge in [0.15, 0.2) is 0 Å². The van der Waals surface area contributed by atoms with Crippen LogP contribution in [0.1, 0.15) is 23.9 Å². The van der Waals surface area contributed by atoms with E-state index in [0.717, 1.165) is 17.9 Å². The molecule has 0 fully saturated rings. The molecule has 88 valence electrons. The van der Waals surface area contributed by atoms with E-state index < -0.39 is 0 Å². The Balaban J connectivity index is 2.04. The fraction of sp³-hybridized carbons (Fsp3) is 0.286. The van der Waals surface area contributed by atoms with E-state index in [-0.39, 0.29) is 0 Å². The Kier molecular flexibility index (Phi) is 3.70. The van der Waals surface area contributed by atoms with Gasteiger partial charge in [-0.1, -0.05) is 13.0 Å². The van der Waals surface area contributed by atoms with Gasteiger partial charge in [0.05, 0.1) is 6.54 Å². The van der Waals surface area contributed by atoms with Gasteiger partial charge in [0.25, 0.3) is 0 Å². The molecule has 2 rings (SSSR count). The maximum absolute atomic E-state index is 4.18. The molecule has 0 atom stereocenters. The zero-order valence-corrected chi connectivity index (χ0v) is 10.3. The smallest absolute Gasteiger partial charge is 0.147 e. The summed E-state index contributed by atoms with van der Waals surface area (Å²) in [5, 5.41) is 3.34. The van der Waals surface area contributed by atoms with E-state index in [0.29, 0.717) is 6.54 Å². The Bertz CT molecular complexity index is 480. The number of aryl methyl sites for hydroxylation is 2. The van der Waals surface area contributed by atoms with Gasteiger partial charge in [-0.3, -0.25) is 0 Å². The van der Waals surface area contributed by atoms with Crippen molar-refractivity contribution in [2.24, 2.45) is 0 Å². The minimum Gasteiger partial charge on any atom is -0.378 e. The van der Waals surface area contributed by atoms with E-state index in [1.165, 1.54) is 11.1 Å². The first kappa shape index (κ1) is 11.6. The summed E-state index contributed by atoms with van der Waals surface area (Å²) >= 11 is 0.